The molecule has 2 nitrogen and oxygen atoms in total. The highest BCUT2D eigenvalue weighted by Gasteiger charge is 2.86. The molecule has 0 spiro atoms. The largest absolute Gasteiger partial charge is 0.393 e. The van der Waals surface area contributed by atoms with Gasteiger partial charge in [-0.2, -0.15) is 0 Å². The van der Waals surface area contributed by atoms with Crippen molar-refractivity contribution in [1.29, 1.82) is 0 Å². The van der Waals surface area contributed by atoms with E-state index in [1.54, 1.807) is 0 Å². The smallest absolute Gasteiger partial charge is 0.0557 e. The molecular weight excluding hydrogens is 222 g/mol. The molecule has 4 rings (SSSR count). The number of aliphatic hydroxyl groups excluding tert-OH is 1. The van der Waals surface area contributed by atoms with Crippen molar-refractivity contribution in [2.24, 2.45) is 40.0 Å². The molecule has 4 saturated carbocycles. The molecule has 0 aliphatic heterocycles. The molecule has 2 heteroatoms. The molecule has 7 unspecified atom stereocenters. The topological polar surface area (TPSA) is 32.6 Å². The van der Waals surface area contributed by atoms with Crippen LogP contribution < -0.4 is 0 Å². The Hall–Kier alpha value is -0.370. The summed E-state index contributed by atoms with van der Waals surface area (Å²) in [4.78, 5) is 3.80. The lowest BCUT2D eigenvalue weighted by Crippen LogP contribution is -2.30. The monoisotopic (exact) mass is 249 g/mol. The van der Waals surface area contributed by atoms with Crippen molar-refractivity contribution in [2.45, 2.75) is 52.1 Å². The summed E-state index contributed by atoms with van der Waals surface area (Å²) in [7, 11) is 0. The molecule has 0 aromatic rings. The predicted molar refractivity (Wildman–Crippen MR) is 74.7 cm³/mol. The molecule has 4 fully saturated rings. The maximum atomic E-state index is 9.79. The van der Waals surface area contributed by atoms with E-state index < -0.39 is 0 Å². The molecule has 7 atom stereocenters. The third-order valence-electron chi connectivity index (χ3n) is 6.44. The molecule has 1 N–H and O–H groups in total. The Morgan fingerprint density at radius 1 is 1.39 bits per heavy atom. The standard InChI is InChI=1S/C16H27NO/c1-10-11(5-4-6-12(18)7-8-17-3)9-13-15-14(10)16(13,15)2/h10-15,18H,3-9H2,1-2H3. The Balaban J connectivity index is 1.36. The van der Waals surface area contributed by atoms with Crippen molar-refractivity contribution in [3.63, 3.8) is 0 Å². The minimum Gasteiger partial charge on any atom is -0.393 e. The van der Waals surface area contributed by atoms with Crippen LogP contribution in [-0.2, 0) is 0 Å². The van der Waals surface area contributed by atoms with Gasteiger partial charge in [0.05, 0.1) is 6.10 Å². The van der Waals surface area contributed by atoms with Gasteiger partial charge in [-0.25, -0.2) is 0 Å². The van der Waals surface area contributed by atoms with Gasteiger partial charge in [0, 0.05) is 6.54 Å². The van der Waals surface area contributed by atoms with Crippen molar-refractivity contribution < 1.29 is 5.11 Å². The Kier molecular flexibility index (Phi) is 3.04. The fourth-order valence-corrected chi connectivity index (χ4v) is 5.15. The second kappa shape index (κ2) is 4.33. The SMILES string of the molecule is C=NCCC(O)CCCC1CC2C3C(C1C)C23C. The lowest BCUT2D eigenvalue weighted by Gasteiger charge is -2.37. The zero-order chi connectivity index (χ0) is 12.9. The van der Waals surface area contributed by atoms with Crippen LogP contribution in [0.5, 0.6) is 0 Å². The molecule has 4 aliphatic rings. The lowest BCUT2D eigenvalue weighted by atomic mass is 9.68. The molecule has 0 amide bonds. The first kappa shape index (κ1) is 12.7. The number of aliphatic hydroxyl groups is 1. The predicted octanol–water partition coefficient (Wildman–Crippen LogP) is 3.15. The van der Waals surface area contributed by atoms with Crippen molar-refractivity contribution in [2.75, 3.05) is 6.54 Å². The number of hydrogen-bond acceptors (Lipinski definition) is 2. The summed E-state index contributed by atoms with van der Waals surface area (Å²) in [5, 5.41) is 9.79. The number of hydrogen-bond donors (Lipinski definition) is 1. The number of aliphatic imine (C=N–C) groups is 1. The Morgan fingerprint density at radius 2 is 2.11 bits per heavy atom. The first-order valence-electron chi connectivity index (χ1n) is 7.71. The van der Waals surface area contributed by atoms with Crippen LogP contribution in [0.2, 0.25) is 0 Å². The molecule has 0 radical (unpaired) electrons. The van der Waals surface area contributed by atoms with E-state index in [0.717, 1.165) is 47.8 Å². The summed E-state index contributed by atoms with van der Waals surface area (Å²) in [6, 6.07) is 0. The van der Waals surface area contributed by atoms with Crippen molar-refractivity contribution in [3.8, 4) is 0 Å². The molecule has 18 heavy (non-hydrogen) atoms. The molecule has 2 bridgehead atoms. The van der Waals surface area contributed by atoms with Gasteiger partial charge in [-0.3, -0.25) is 0 Å². The van der Waals surface area contributed by atoms with Gasteiger partial charge in [0.15, 0.2) is 0 Å². The molecule has 0 aromatic heterocycles. The van der Waals surface area contributed by atoms with Gasteiger partial charge < -0.3 is 10.1 Å². The quantitative estimate of drug-likeness (QED) is 0.691. The molecular formula is C16H27NO. The van der Waals surface area contributed by atoms with Gasteiger partial charge in [0.1, 0.15) is 0 Å². The van der Waals surface area contributed by atoms with Crippen LogP contribution in [0.15, 0.2) is 4.99 Å². The third kappa shape index (κ3) is 1.76. The summed E-state index contributed by atoms with van der Waals surface area (Å²) in [5.74, 6) is 5.15. The van der Waals surface area contributed by atoms with Crippen LogP contribution >= 0.6 is 0 Å². The third-order valence-corrected chi connectivity index (χ3v) is 6.44. The summed E-state index contributed by atoms with van der Waals surface area (Å²) in [5.41, 5.74) is 0.797. The van der Waals surface area contributed by atoms with Crippen molar-refractivity contribution in [3.05, 3.63) is 0 Å². The second-order valence-electron chi connectivity index (χ2n) is 7.20. The van der Waals surface area contributed by atoms with Crippen molar-refractivity contribution >= 4 is 6.72 Å². The van der Waals surface area contributed by atoms with Crippen LogP contribution in [0.4, 0.5) is 0 Å². The van der Waals surface area contributed by atoms with Crippen LogP contribution in [0.3, 0.4) is 0 Å². The van der Waals surface area contributed by atoms with Gasteiger partial charge in [-0.05, 0) is 61.0 Å². The fourth-order valence-electron chi connectivity index (χ4n) is 5.15. The second-order valence-corrected chi connectivity index (χ2v) is 7.20. The van der Waals surface area contributed by atoms with E-state index in [9.17, 15) is 5.11 Å². The fraction of sp³-hybridized carbons (Fsp3) is 0.938. The van der Waals surface area contributed by atoms with Gasteiger partial charge in [-0.1, -0.05) is 26.7 Å². The first-order chi connectivity index (χ1) is 8.60. The minimum absolute atomic E-state index is 0.160. The van der Waals surface area contributed by atoms with Crippen LogP contribution in [0, 0.1) is 35.0 Å². The highest BCUT2D eigenvalue weighted by atomic mass is 16.3. The summed E-state index contributed by atoms with van der Waals surface area (Å²) in [6.45, 7) is 9.14. The number of nitrogens with zero attached hydrogens (tertiary/aromatic N) is 1. The van der Waals surface area contributed by atoms with E-state index >= 15 is 0 Å². The van der Waals surface area contributed by atoms with Crippen LogP contribution in [0.1, 0.15) is 46.0 Å². The van der Waals surface area contributed by atoms with Gasteiger partial charge in [0.2, 0.25) is 0 Å². The number of rotatable bonds is 7. The molecule has 4 aliphatic carbocycles. The molecule has 0 aromatic carbocycles. The first-order valence-corrected chi connectivity index (χ1v) is 7.71. The number of fused-ring (bicyclic) bond motifs is 2. The minimum atomic E-state index is -0.160. The molecule has 0 saturated heterocycles. The zero-order valence-corrected chi connectivity index (χ0v) is 11.8. The summed E-state index contributed by atoms with van der Waals surface area (Å²) >= 11 is 0. The summed E-state index contributed by atoms with van der Waals surface area (Å²) in [6.07, 6.45) is 5.57. The van der Waals surface area contributed by atoms with Crippen LogP contribution in [-0.4, -0.2) is 24.5 Å². The average Bonchev–Trinajstić information content (AvgIpc) is 3.16. The highest BCUT2D eigenvalue weighted by Crippen LogP contribution is 2.90. The zero-order valence-electron chi connectivity index (χ0n) is 11.8. The Bertz CT molecular complexity index is 342. The van der Waals surface area contributed by atoms with E-state index in [-0.39, 0.29) is 6.10 Å². The van der Waals surface area contributed by atoms with E-state index in [4.69, 9.17) is 0 Å². The van der Waals surface area contributed by atoms with E-state index in [1.807, 2.05) is 0 Å². The summed E-state index contributed by atoms with van der Waals surface area (Å²) < 4.78 is 0. The normalized spacial score (nSPS) is 49.4. The molecule has 0 heterocycles. The van der Waals surface area contributed by atoms with Crippen LogP contribution in [0.25, 0.3) is 0 Å². The van der Waals surface area contributed by atoms with Crippen molar-refractivity contribution in [1.82, 2.24) is 0 Å². The average molecular weight is 249 g/mol. The highest BCUT2D eigenvalue weighted by molar-refractivity contribution is 5.33. The van der Waals surface area contributed by atoms with E-state index in [2.05, 4.69) is 25.6 Å². The maximum absolute atomic E-state index is 9.79. The van der Waals surface area contributed by atoms with Gasteiger partial charge in [0.25, 0.3) is 0 Å². The maximum Gasteiger partial charge on any atom is 0.0557 e. The van der Waals surface area contributed by atoms with E-state index in [0.29, 0.717) is 6.54 Å². The Morgan fingerprint density at radius 3 is 2.72 bits per heavy atom. The van der Waals surface area contributed by atoms with Gasteiger partial charge >= 0.3 is 0 Å². The van der Waals surface area contributed by atoms with Gasteiger partial charge in [-0.15, -0.1) is 0 Å². The Labute approximate surface area is 111 Å². The molecule has 102 valence electrons. The van der Waals surface area contributed by atoms with E-state index in [1.165, 1.54) is 19.3 Å². The lowest BCUT2D eigenvalue weighted by molar-refractivity contribution is 0.105.